The summed E-state index contributed by atoms with van der Waals surface area (Å²) in [6, 6.07) is 5.56. The third-order valence-corrected chi connectivity index (χ3v) is 3.78. The molecule has 0 spiro atoms. The molecule has 1 fully saturated rings. The molecule has 0 saturated heterocycles. The van der Waals surface area contributed by atoms with Gasteiger partial charge in [-0.2, -0.15) is 0 Å². The molecule has 0 amide bonds. The lowest BCUT2D eigenvalue weighted by Crippen LogP contribution is -2.21. The molecule has 0 bridgehead atoms. The Kier molecular flexibility index (Phi) is 4.02. The molecule has 0 heterocycles. The summed E-state index contributed by atoms with van der Waals surface area (Å²) >= 11 is 0. The second-order valence-corrected chi connectivity index (χ2v) is 5.00. The van der Waals surface area contributed by atoms with Gasteiger partial charge in [0, 0.05) is 18.2 Å². The van der Waals surface area contributed by atoms with Gasteiger partial charge in [0.05, 0.1) is 0 Å². The summed E-state index contributed by atoms with van der Waals surface area (Å²) in [7, 11) is 0. The minimum atomic E-state index is -0.265. The van der Waals surface area contributed by atoms with E-state index in [9.17, 15) is 5.11 Å². The molecule has 0 aromatic heterocycles. The molecule has 1 aliphatic carbocycles. The number of hydrogen-bond acceptors (Lipinski definition) is 3. The summed E-state index contributed by atoms with van der Waals surface area (Å²) in [5.41, 5.74) is 13.6. The zero-order chi connectivity index (χ0) is 12.3. The molecule has 3 nitrogen and oxygen atoms in total. The zero-order valence-electron chi connectivity index (χ0n) is 10.2. The van der Waals surface area contributed by atoms with E-state index in [1.165, 1.54) is 37.7 Å². The monoisotopic (exact) mass is 234 g/mol. The van der Waals surface area contributed by atoms with Gasteiger partial charge < -0.3 is 16.6 Å². The zero-order valence-corrected chi connectivity index (χ0v) is 10.2. The summed E-state index contributed by atoms with van der Waals surface area (Å²) in [5, 5.41) is 9.80. The number of phenolic OH excluding ortho intramolecular Hbond substituents is 1. The van der Waals surface area contributed by atoms with Crippen molar-refractivity contribution in [1.29, 1.82) is 0 Å². The predicted octanol–water partition coefficient (Wildman–Crippen LogP) is 2.40. The van der Waals surface area contributed by atoms with Crippen molar-refractivity contribution in [2.75, 3.05) is 6.54 Å². The first kappa shape index (κ1) is 12.4. The fraction of sp³-hybridized carbons (Fsp3) is 0.571. The van der Waals surface area contributed by atoms with Crippen LogP contribution in [0.2, 0.25) is 0 Å². The van der Waals surface area contributed by atoms with Crippen LogP contribution in [0.1, 0.15) is 55.2 Å². The Morgan fingerprint density at radius 2 is 1.94 bits per heavy atom. The van der Waals surface area contributed by atoms with Crippen molar-refractivity contribution in [2.45, 2.75) is 44.1 Å². The van der Waals surface area contributed by atoms with Crippen LogP contribution in [0.25, 0.3) is 0 Å². The summed E-state index contributed by atoms with van der Waals surface area (Å²) in [6.07, 6.45) is 6.47. The number of phenols is 1. The van der Waals surface area contributed by atoms with Crippen LogP contribution in [-0.2, 0) is 0 Å². The Morgan fingerprint density at radius 1 is 1.24 bits per heavy atom. The highest BCUT2D eigenvalue weighted by atomic mass is 16.3. The first-order valence-corrected chi connectivity index (χ1v) is 6.51. The molecule has 1 aliphatic rings. The normalized spacial score (nSPS) is 19.2. The maximum Gasteiger partial charge on any atom is 0.120 e. The SMILES string of the molecule is NC[C@@H](N)c1cc(C2CCCCC2)ccc1O. The van der Waals surface area contributed by atoms with E-state index in [4.69, 9.17) is 11.5 Å². The maximum absolute atomic E-state index is 9.80. The third kappa shape index (κ3) is 2.79. The molecule has 94 valence electrons. The highest BCUT2D eigenvalue weighted by Gasteiger charge is 2.18. The first-order valence-electron chi connectivity index (χ1n) is 6.51. The van der Waals surface area contributed by atoms with Crippen LogP contribution in [0, 0.1) is 0 Å². The fourth-order valence-corrected chi connectivity index (χ4v) is 2.69. The van der Waals surface area contributed by atoms with Crippen LogP contribution < -0.4 is 11.5 Å². The molecule has 1 aromatic carbocycles. The van der Waals surface area contributed by atoms with Crippen molar-refractivity contribution in [3.8, 4) is 5.75 Å². The van der Waals surface area contributed by atoms with Crippen molar-refractivity contribution in [1.82, 2.24) is 0 Å². The second kappa shape index (κ2) is 5.52. The van der Waals surface area contributed by atoms with Crippen molar-refractivity contribution >= 4 is 0 Å². The van der Waals surface area contributed by atoms with E-state index in [-0.39, 0.29) is 11.8 Å². The van der Waals surface area contributed by atoms with Gasteiger partial charge in [-0.3, -0.25) is 0 Å². The van der Waals surface area contributed by atoms with Crippen LogP contribution in [0.5, 0.6) is 5.75 Å². The van der Waals surface area contributed by atoms with E-state index in [1.54, 1.807) is 6.07 Å². The van der Waals surface area contributed by atoms with Gasteiger partial charge in [-0.15, -0.1) is 0 Å². The van der Waals surface area contributed by atoms with E-state index < -0.39 is 0 Å². The third-order valence-electron chi connectivity index (χ3n) is 3.78. The van der Waals surface area contributed by atoms with E-state index >= 15 is 0 Å². The van der Waals surface area contributed by atoms with E-state index in [2.05, 4.69) is 0 Å². The minimum Gasteiger partial charge on any atom is -0.508 e. The quantitative estimate of drug-likeness (QED) is 0.752. The lowest BCUT2D eigenvalue weighted by molar-refractivity contribution is 0.439. The predicted molar refractivity (Wildman–Crippen MR) is 69.9 cm³/mol. The lowest BCUT2D eigenvalue weighted by Gasteiger charge is -2.23. The topological polar surface area (TPSA) is 72.3 Å². The number of rotatable bonds is 3. The Labute approximate surface area is 103 Å². The van der Waals surface area contributed by atoms with Crippen LogP contribution in [0.4, 0.5) is 0 Å². The molecular weight excluding hydrogens is 212 g/mol. The van der Waals surface area contributed by atoms with Gasteiger partial charge >= 0.3 is 0 Å². The van der Waals surface area contributed by atoms with Crippen LogP contribution in [-0.4, -0.2) is 11.7 Å². The average Bonchev–Trinajstić information content (AvgIpc) is 2.39. The van der Waals surface area contributed by atoms with Gasteiger partial charge in [-0.25, -0.2) is 0 Å². The molecule has 5 N–H and O–H groups in total. The number of aromatic hydroxyl groups is 1. The van der Waals surface area contributed by atoms with Gasteiger partial charge in [0.1, 0.15) is 5.75 Å². The standard InChI is InChI=1S/C14H22N2O/c15-9-13(16)12-8-11(6-7-14(12)17)10-4-2-1-3-5-10/h6-8,10,13,17H,1-5,9,15-16H2/t13-/m1/s1. The smallest absolute Gasteiger partial charge is 0.120 e. The summed E-state index contributed by atoms with van der Waals surface area (Å²) in [4.78, 5) is 0. The maximum atomic E-state index is 9.80. The molecule has 1 atom stereocenters. The molecular formula is C14H22N2O. The van der Waals surface area contributed by atoms with Gasteiger partial charge in [-0.1, -0.05) is 31.4 Å². The Balaban J connectivity index is 2.23. The molecule has 17 heavy (non-hydrogen) atoms. The Hall–Kier alpha value is -1.06. The molecule has 0 aliphatic heterocycles. The Bertz CT molecular complexity index is 372. The van der Waals surface area contributed by atoms with Gasteiger partial charge in [-0.05, 0) is 30.4 Å². The van der Waals surface area contributed by atoms with Gasteiger partial charge in [0.2, 0.25) is 0 Å². The van der Waals surface area contributed by atoms with Gasteiger partial charge in [0.25, 0.3) is 0 Å². The van der Waals surface area contributed by atoms with Crippen LogP contribution in [0.3, 0.4) is 0 Å². The second-order valence-electron chi connectivity index (χ2n) is 5.00. The van der Waals surface area contributed by atoms with Crippen molar-refractivity contribution < 1.29 is 5.11 Å². The summed E-state index contributed by atoms with van der Waals surface area (Å²) < 4.78 is 0. The van der Waals surface area contributed by atoms with Crippen molar-refractivity contribution in [2.24, 2.45) is 11.5 Å². The number of hydrogen-bond donors (Lipinski definition) is 3. The van der Waals surface area contributed by atoms with Crippen LogP contribution in [0.15, 0.2) is 18.2 Å². The molecule has 0 unspecified atom stereocenters. The van der Waals surface area contributed by atoms with Crippen molar-refractivity contribution in [3.63, 3.8) is 0 Å². The summed E-state index contributed by atoms with van der Waals surface area (Å²) in [5.74, 6) is 0.899. The van der Waals surface area contributed by atoms with E-state index in [0.29, 0.717) is 12.5 Å². The Morgan fingerprint density at radius 3 is 2.59 bits per heavy atom. The molecule has 2 rings (SSSR count). The van der Waals surface area contributed by atoms with Gasteiger partial charge in [0.15, 0.2) is 0 Å². The van der Waals surface area contributed by atoms with Crippen molar-refractivity contribution in [3.05, 3.63) is 29.3 Å². The molecule has 1 saturated carbocycles. The highest BCUT2D eigenvalue weighted by Crippen LogP contribution is 2.35. The number of nitrogens with two attached hydrogens (primary N) is 2. The summed E-state index contributed by atoms with van der Waals surface area (Å²) in [6.45, 7) is 0.363. The minimum absolute atomic E-state index is 0.265. The molecule has 1 aromatic rings. The molecule has 3 heteroatoms. The van der Waals surface area contributed by atoms with E-state index in [0.717, 1.165) is 5.56 Å². The van der Waals surface area contributed by atoms with E-state index in [1.807, 2.05) is 12.1 Å². The first-order chi connectivity index (χ1) is 8.22. The fourth-order valence-electron chi connectivity index (χ4n) is 2.69. The largest absolute Gasteiger partial charge is 0.508 e. The molecule has 0 radical (unpaired) electrons. The number of benzene rings is 1. The lowest BCUT2D eigenvalue weighted by atomic mass is 9.83. The highest BCUT2D eigenvalue weighted by molar-refractivity contribution is 5.39. The van der Waals surface area contributed by atoms with Crippen LogP contribution >= 0.6 is 0 Å². The average molecular weight is 234 g/mol.